The third kappa shape index (κ3) is 2.91. The van der Waals surface area contributed by atoms with E-state index in [0.717, 1.165) is 63.1 Å². The van der Waals surface area contributed by atoms with Gasteiger partial charge in [-0.2, -0.15) is 0 Å². The Kier molecular flexibility index (Phi) is 3.91. The monoisotopic (exact) mass is 313 g/mol. The molecule has 2 aliphatic rings. The van der Waals surface area contributed by atoms with E-state index in [1.54, 1.807) is 7.11 Å². The average molecular weight is 313 g/mol. The van der Waals surface area contributed by atoms with Crippen LogP contribution < -0.4 is 9.64 Å². The highest BCUT2D eigenvalue weighted by Gasteiger charge is 2.22. The molecule has 0 atom stereocenters. The Bertz CT molecular complexity index is 675. The molecule has 0 N–H and O–H groups in total. The minimum Gasteiger partial charge on any atom is -0.497 e. The number of anilines is 1. The van der Waals surface area contributed by atoms with Crippen molar-refractivity contribution in [2.24, 2.45) is 0 Å². The topological polar surface area (TPSA) is 46.4 Å². The van der Waals surface area contributed by atoms with Crippen LogP contribution in [0.2, 0.25) is 0 Å². The molecular weight excluding hydrogens is 290 g/mol. The molecule has 6 nitrogen and oxygen atoms in total. The molecule has 4 rings (SSSR count). The Morgan fingerprint density at radius 3 is 2.78 bits per heavy atom. The average Bonchev–Trinajstić information content (AvgIpc) is 3.21. The van der Waals surface area contributed by atoms with Crippen molar-refractivity contribution in [2.75, 3.05) is 38.2 Å². The van der Waals surface area contributed by atoms with Crippen LogP contribution >= 0.6 is 0 Å². The summed E-state index contributed by atoms with van der Waals surface area (Å²) in [6.45, 7) is 6.18. The van der Waals surface area contributed by atoms with Gasteiger partial charge in [0.1, 0.15) is 17.4 Å². The second-order valence-electron chi connectivity index (χ2n) is 6.25. The van der Waals surface area contributed by atoms with Crippen molar-refractivity contribution in [3.63, 3.8) is 0 Å². The van der Waals surface area contributed by atoms with E-state index >= 15 is 0 Å². The molecule has 23 heavy (non-hydrogen) atoms. The van der Waals surface area contributed by atoms with Crippen LogP contribution in [0.3, 0.4) is 0 Å². The fraction of sp³-hybridized carbons (Fsp3) is 0.529. The third-order valence-electron chi connectivity index (χ3n) is 4.84. The second kappa shape index (κ2) is 6.20. The maximum absolute atomic E-state index is 5.32. The summed E-state index contributed by atoms with van der Waals surface area (Å²) in [5, 5.41) is 8.68. The Hall–Kier alpha value is -2.08. The molecule has 0 radical (unpaired) electrons. The SMILES string of the molecule is COc1cccc(N2CCN(Cc3nnc4n3CCC4)CC2)c1. The normalized spacial score (nSPS) is 18.2. The summed E-state index contributed by atoms with van der Waals surface area (Å²) in [7, 11) is 1.72. The number of piperazine rings is 1. The maximum Gasteiger partial charge on any atom is 0.147 e. The fourth-order valence-corrected chi connectivity index (χ4v) is 3.50. The molecule has 2 aliphatic heterocycles. The number of nitrogens with zero attached hydrogens (tertiary/aromatic N) is 5. The van der Waals surface area contributed by atoms with E-state index in [4.69, 9.17) is 4.74 Å². The van der Waals surface area contributed by atoms with Crippen LogP contribution in [0.25, 0.3) is 0 Å². The van der Waals surface area contributed by atoms with Gasteiger partial charge in [-0.25, -0.2) is 0 Å². The van der Waals surface area contributed by atoms with Gasteiger partial charge in [0.05, 0.1) is 13.7 Å². The van der Waals surface area contributed by atoms with Gasteiger partial charge in [0.2, 0.25) is 0 Å². The second-order valence-corrected chi connectivity index (χ2v) is 6.25. The molecule has 1 aromatic heterocycles. The van der Waals surface area contributed by atoms with Crippen LogP contribution in [0.4, 0.5) is 5.69 Å². The Morgan fingerprint density at radius 1 is 1.09 bits per heavy atom. The molecule has 0 amide bonds. The zero-order valence-electron chi connectivity index (χ0n) is 13.6. The number of methoxy groups -OCH3 is 1. The van der Waals surface area contributed by atoms with Gasteiger partial charge in [-0.05, 0) is 18.6 Å². The van der Waals surface area contributed by atoms with E-state index in [1.807, 2.05) is 6.07 Å². The molecule has 0 saturated carbocycles. The highest BCUT2D eigenvalue weighted by molar-refractivity contribution is 5.51. The van der Waals surface area contributed by atoms with E-state index in [9.17, 15) is 0 Å². The first-order chi connectivity index (χ1) is 11.3. The van der Waals surface area contributed by atoms with Crippen molar-refractivity contribution in [2.45, 2.75) is 25.9 Å². The first-order valence-electron chi connectivity index (χ1n) is 8.36. The summed E-state index contributed by atoms with van der Waals surface area (Å²) in [5.74, 6) is 3.21. The van der Waals surface area contributed by atoms with Crippen molar-refractivity contribution in [1.29, 1.82) is 0 Å². The maximum atomic E-state index is 5.32. The summed E-state index contributed by atoms with van der Waals surface area (Å²) in [4.78, 5) is 4.90. The summed E-state index contributed by atoms with van der Waals surface area (Å²) < 4.78 is 7.62. The van der Waals surface area contributed by atoms with Gasteiger partial charge in [-0.1, -0.05) is 6.07 Å². The Morgan fingerprint density at radius 2 is 1.96 bits per heavy atom. The number of hydrogen-bond acceptors (Lipinski definition) is 5. The van der Waals surface area contributed by atoms with E-state index in [0.29, 0.717) is 0 Å². The molecule has 1 saturated heterocycles. The number of aromatic nitrogens is 3. The lowest BCUT2D eigenvalue weighted by Gasteiger charge is -2.35. The molecule has 6 heteroatoms. The zero-order valence-corrected chi connectivity index (χ0v) is 13.6. The summed E-state index contributed by atoms with van der Waals surface area (Å²) in [6.07, 6.45) is 2.29. The van der Waals surface area contributed by atoms with E-state index in [-0.39, 0.29) is 0 Å². The van der Waals surface area contributed by atoms with Gasteiger partial charge in [-0.3, -0.25) is 4.90 Å². The molecule has 2 aromatic rings. The minimum atomic E-state index is 0.916. The predicted octanol–water partition coefficient (Wildman–Crippen LogP) is 1.56. The highest BCUT2D eigenvalue weighted by Crippen LogP contribution is 2.22. The first-order valence-corrected chi connectivity index (χ1v) is 8.36. The van der Waals surface area contributed by atoms with Crippen molar-refractivity contribution < 1.29 is 4.74 Å². The lowest BCUT2D eigenvalue weighted by molar-refractivity contribution is 0.240. The summed E-state index contributed by atoms with van der Waals surface area (Å²) in [5.41, 5.74) is 1.24. The lowest BCUT2D eigenvalue weighted by atomic mass is 10.2. The quantitative estimate of drug-likeness (QED) is 0.857. The van der Waals surface area contributed by atoms with Gasteiger partial charge in [0.15, 0.2) is 0 Å². The molecule has 1 aromatic carbocycles. The molecular formula is C17H23N5O. The van der Waals surface area contributed by atoms with Crippen molar-refractivity contribution in [3.8, 4) is 5.75 Å². The van der Waals surface area contributed by atoms with Gasteiger partial charge < -0.3 is 14.2 Å². The number of rotatable bonds is 4. The molecule has 0 bridgehead atoms. The first kappa shape index (κ1) is 14.5. The van der Waals surface area contributed by atoms with Crippen molar-refractivity contribution >= 4 is 5.69 Å². The largest absolute Gasteiger partial charge is 0.497 e. The summed E-state index contributed by atoms with van der Waals surface area (Å²) in [6, 6.07) is 8.32. The van der Waals surface area contributed by atoms with Gasteiger partial charge in [-0.15, -0.1) is 10.2 Å². The van der Waals surface area contributed by atoms with Crippen LogP contribution in [0.5, 0.6) is 5.75 Å². The Balaban J connectivity index is 1.37. The Labute approximate surface area is 136 Å². The molecule has 122 valence electrons. The van der Waals surface area contributed by atoms with Gasteiger partial charge in [0, 0.05) is 50.9 Å². The number of hydrogen-bond donors (Lipinski definition) is 0. The van der Waals surface area contributed by atoms with E-state index < -0.39 is 0 Å². The van der Waals surface area contributed by atoms with E-state index in [2.05, 4.69) is 42.8 Å². The lowest BCUT2D eigenvalue weighted by Crippen LogP contribution is -2.46. The van der Waals surface area contributed by atoms with Crippen LogP contribution in [0.1, 0.15) is 18.1 Å². The molecule has 1 fully saturated rings. The third-order valence-corrected chi connectivity index (χ3v) is 4.84. The predicted molar refractivity (Wildman–Crippen MR) is 88.8 cm³/mol. The fourth-order valence-electron chi connectivity index (χ4n) is 3.50. The van der Waals surface area contributed by atoms with Crippen LogP contribution in [-0.4, -0.2) is 53.0 Å². The van der Waals surface area contributed by atoms with Crippen LogP contribution in [-0.2, 0) is 19.5 Å². The summed E-state index contributed by atoms with van der Waals surface area (Å²) >= 11 is 0. The molecule has 0 unspecified atom stereocenters. The molecule has 0 spiro atoms. The zero-order chi connectivity index (χ0) is 15.6. The van der Waals surface area contributed by atoms with Crippen LogP contribution in [0, 0.1) is 0 Å². The highest BCUT2D eigenvalue weighted by atomic mass is 16.5. The van der Waals surface area contributed by atoms with E-state index in [1.165, 1.54) is 12.1 Å². The molecule has 0 aliphatic carbocycles. The number of benzene rings is 1. The number of ether oxygens (including phenoxy) is 1. The van der Waals surface area contributed by atoms with Crippen LogP contribution in [0.15, 0.2) is 24.3 Å². The molecule has 3 heterocycles. The van der Waals surface area contributed by atoms with Gasteiger partial charge in [0.25, 0.3) is 0 Å². The number of aryl methyl sites for hydroxylation is 1. The van der Waals surface area contributed by atoms with Crippen molar-refractivity contribution in [1.82, 2.24) is 19.7 Å². The van der Waals surface area contributed by atoms with Crippen molar-refractivity contribution in [3.05, 3.63) is 35.9 Å². The standard InChI is InChI=1S/C17H23N5O/c1-23-15-5-2-4-14(12-15)21-10-8-20(9-11-21)13-17-19-18-16-6-3-7-22(16)17/h2,4-5,12H,3,6-11,13H2,1H3. The van der Waals surface area contributed by atoms with Gasteiger partial charge >= 0.3 is 0 Å². The minimum absolute atomic E-state index is 0.916. The smallest absolute Gasteiger partial charge is 0.147 e. The number of fused-ring (bicyclic) bond motifs is 1.